The molecule has 1 aromatic rings. The number of rotatable bonds is 2. The standard InChI is InChI=1S/C6H9N2S/c1-3-8(2)6-4-9-5-7-6/h4H,3H2,1-2H3. The van der Waals surface area contributed by atoms with Gasteiger partial charge in [0, 0.05) is 19.0 Å². The first-order valence-electron chi connectivity index (χ1n) is 2.87. The molecule has 0 amide bonds. The lowest BCUT2D eigenvalue weighted by atomic mass is 10.6. The van der Waals surface area contributed by atoms with E-state index < -0.39 is 0 Å². The van der Waals surface area contributed by atoms with Crippen molar-refractivity contribution >= 4 is 17.2 Å². The highest BCUT2D eigenvalue weighted by atomic mass is 32.1. The van der Waals surface area contributed by atoms with Crippen LogP contribution in [-0.2, 0) is 0 Å². The van der Waals surface area contributed by atoms with E-state index in [0.29, 0.717) is 0 Å². The minimum Gasteiger partial charge on any atom is -0.359 e. The van der Waals surface area contributed by atoms with E-state index in [4.69, 9.17) is 0 Å². The quantitative estimate of drug-likeness (QED) is 0.619. The van der Waals surface area contributed by atoms with Crippen LogP contribution in [0.5, 0.6) is 0 Å². The van der Waals surface area contributed by atoms with Crippen LogP contribution in [-0.4, -0.2) is 18.6 Å². The van der Waals surface area contributed by atoms with Crippen molar-refractivity contribution in [2.24, 2.45) is 0 Å². The van der Waals surface area contributed by atoms with E-state index in [-0.39, 0.29) is 0 Å². The van der Waals surface area contributed by atoms with Gasteiger partial charge in [-0.3, -0.25) is 0 Å². The van der Waals surface area contributed by atoms with E-state index in [9.17, 15) is 0 Å². The molecule has 2 nitrogen and oxygen atoms in total. The third-order valence-electron chi connectivity index (χ3n) is 1.24. The van der Waals surface area contributed by atoms with Crippen LogP contribution < -0.4 is 4.90 Å². The van der Waals surface area contributed by atoms with Crippen molar-refractivity contribution < 1.29 is 0 Å². The summed E-state index contributed by atoms with van der Waals surface area (Å²) < 4.78 is 0. The zero-order valence-corrected chi connectivity index (χ0v) is 6.40. The fourth-order valence-electron chi connectivity index (χ4n) is 0.516. The van der Waals surface area contributed by atoms with E-state index in [1.165, 1.54) is 11.3 Å². The van der Waals surface area contributed by atoms with Crippen LogP contribution in [0.1, 0.15) is 6.92 Å². The van der Waals surface area contributed by atoms with Gasteiger partial charge in [-0.25, -0.2) is 4.98 Å². The summed E-state index contributed by atoms with van der Waals surface area (Å²) in [5, 5.41) is 1.99. The highest BCUT2D eigenvalue weighted by molar-refractivity contribution is 7.07. The van der Waals surface area contributed by atoms with E-state index in [1.807, 2.05) is 12.4 Å². The molecule has 1 radical (unpaired) electrons. The first-order chi connectivity index (χ1) is 4.34. The highest BCUT2D eigenvalue weighted by Gasteiger charge is 1.96. The molecule has 49 valence electrons. The molecule has 0 saturated heterocycles. The van der Waals surface area contributed by atoms with Crippen LogP contribution in [0.25, 0.3) is 0 Å². The van der Waals surface area contributed by atoms with Gasteiger partial charge >= 0.3 is 0 Å². The molecule has 1 heterocycles. The fourth-order valence-corrected chi connectivity index (χ4v) is 1.05. The summed E-state index contributed by atoms with van der Waals surface area (Å²) in [5.41, 5.74) is 2.79. The normalized spacial score (nSPS) is 9.56. The van der Waals surface area contributed by atoms with E-state index >= 15 is 0 Å². The molecule has 0 aliphatic carbocycles. The smallest absolute Gasteiger partial charge is 0.154 e. The summed E-state index contributed by atoms with van der Waals surface area (Å²) in [6.07, 6.45) is 0. The first kappa shape index (κ1) is 6.55. The Morgan fingerprint density at radius 1 is 1.89 bits per heavy atom. The van der Waals surface area contributed by atoms with Crippen LogP contribution in [0.2, 0.25) is 0 Å². The zero-order chi connectivity index (χ0) is 6.69. The van der Waals surface area contributed by atoms with Crippen molar-refractivity contribution in [3.8, 4) is 0 Å². The second-order valence-corrected chi connectivity index (χ2v) is 2.47. The number of hydrogen-bond donors (Lipinski definition) is 0. The number of thiazole rings is 1. The molecule has 0 saturated carbocycles. The molecule has 0 bridgehead atoms. The third-order valence-corrected chi connectivity index (χ3v) is 1.77. The molecule has 0 atom stereocenters. The SMILES string of the molecule is CCN(C)c1cs[c]n1. The van der Waals surface area contributed by atoms with Gasteiger partial charge in [-0.1, -0.05) is 0 Å². The predicted molar refractivity (Wildman–Crippen MR) is 39.9 cm³/mol. The van der Waals surface area contributed by atoms with Crippen LogP contribution in [0.15, 0.2) is 5.38 Å². The van der Waals surface area contributed by atoms with E-state index in [0.717, 1.165) is 12.4 Å². The van der Waals surface area contributed by atoms with Crippen LogP contribution >= 0.6 is 11.3 Å². The third kappa shape index (κ3) is 1.42. The second-order valence-electron chi connectivity index (χ2n) is 1.81. The molecule has 0 unspecified atom stereocenters. The summed E-state index contributed by atoms with van der Waals surface area (Å²) in [5.74, 6) is 1.02. The molecule has 0 N–H and O–H groups in total. The Labute approximate surface area is 59.1 Å². The summed E-state index contributed by atoms with van der Waals surface area (Å²) in [6, 6.07) is 0. The van der Waals surface area contributed by atoms with Gasteiger partial charge in [0.1, 0.15) is 5.82 Å². The van der Waals surface area contributed by atoms with Crippen molar-refractivity contribution in [3.05, 3.63) is 10.9 Å². The van der Waals surface area contributed by atoms with E-state index in [2.05, 4.69) is 22.3 Å². The second kappa shape index (κ2) is 2.82. The van der Waals surface area contributed by atoms with Gasteiger partial charge in [-0.2, -0.15) is 0 Å². The molecular weight excluding hydrogens is 132 g/mol. The molecule has 0 fully saturated rings. The number of nitrogens with zero attached hydrogens (tertiary/aromatic N) is 2. The Morgan fingerprint density at radius 3 is 3.11 bits per heavy atom. The first-order valence-corrected chi connectivity index (χ1v) is 3.75. The molecule has 1 rings (SSSR count). The molecule has 0 aliphatic rings. The zero-order valence-electron chi connectivity index (χ0n) is 5.59. The lowest BCUT2D eigenvalue weighted by Crippen LogP contribution is -2.15. The minimum atomic E-state index is 0.998. The lowest BCUT2D eigenvalue weighted by molar-refractivity contribution is 0.946. The highest BCUT2D eigenvalue weighted by Crippen LogP contribution is 2.09. The van der Waals surface area contributed by atoms with Crippen molar-refractivity contribution in [3.63, 3.8) is 0 Å². The Bertz CT molecular complexity index is 160. The topological polar surface area (TPSA) is 16.1 Å². The van der Waals surface area contributed by atoms with E-state index in [1.54, 1.807) is 0 Å². The minimum absolute atomic E-state index is 0.998. The molecule has 0 aliphatic heterocycles. The maximum Gasteiger partial charge on any atom is 0.154 e. The monoisotopic (exact) mass is 141 g/mol. The van der Waals surface area contributed by atoms with Crippen molar-refractivity contribution in [1.29, 1.82) is 0 Å². The van der Waals surface area contributed by atoms with Gasteiger partial charge in [0.25, 0.3) is 0 Å². The number of hydrogen-bond acceptors (Lipinski definition) is 3. The maximum atomic E-state index is 4.01. The molecular formula is C6H9N2S. The van der Waals surface area contributed by atoms with Crippen molar-refractivity contribution in [1.82, 2.24) is 4.98 Å². The molecule has 0 spiro atoms. The van der Waals surface area contributed by atoms with Gasteiger partial charge in [0.05, 0.1) is 0 Å². The molecule has 9 heavy (non-hydrogen) atoms. The van der Waals surface area contributed by atoms with Gasteiger partial charge in [0.15, 0.2) is 5.51 Å². The number of anilines is 1. The van der Waals surface area contributed by atoms with Gasteiger partial charge in [-0.05, 0) is 6.92 Å². The fraction of sp³-hybridized carbons (Fsp3) is 0.500. The average molecular weight is 141 g/mol. The summed E-state index contributed by atoms with van der Waals surface area (Å²) in [7, 11) is 2.02. The maximum absolute atomic E-state index is 4.01. The van der Waals surface area contributed by atoms with Crippen LogP contribution in [0.3, 0.4) is 0 Å². The Morgan fingerprint density at radius 2 is 2.67 bits per heavy atom. The lowest BCUT2D eigenvalue weighted by Gasteiger charge is -2.11. The molecule has 3 heteroatoms. The summed E-state index contributed by atoms with van der Waals surface area (Å²) in [6.45, 7) is 3.09. The predicted octanol–water partition coefficient (Wildman–Crippen LogP) is 1.40. The average Bonchev–Trinajstić information content (AvgIpc) is 2.37. The Kier molecular flexibility index (Phi) is 2.05. The Hall–Kier alpha value is -0.570. The Balaban J connectivity index is 2.65. The van der Waals surface area contributed by atoms with Crippen LogP contribution in [0, 0.1) is 5.51 Å². The summed E-state index contributed by atoms with van der Waals surface area (Å²) >= 11 is 1.51. The van der Waals surface area contributed by atoms with Gasteiger partial charge in [0.2, 0.25) is 0 Å². The number of aromatic nitrogens is 1. The largest absolute Gasteiger partial charge is 0.359 e. The molecule has 1 aromatic heterocycles. The van der Waals surface area contributed by atoms with Gasteiger partial charge in [-0.15, -0.1) is 11.3 Å². The molecule has 0 aromatic carbocycles. The van der Waals surface area contributed by atoms with Crippen molar-refractivity contribution in [2.45, 2.75) is 6.92 Å². The van der Waals surface area contributed by atoms with Crippen LogP contribution in [0.4, 0.5) is 5.82 Å². The van der Waals surface area contributed by atoms with Crippen molar-refractivity contribution in [2.75, 3.05) is 18.5 Å². The summed E-state index contributed by atoms with van der Waals surface area (Å²) in [4.78, 5) is 6.08. The van der Waals surface area contributed by atoms with Gasteiger partial charge < -0.3 is 4.90 Å².